The molecule has 8 rings (SSSR count). The Morgan fingerprint density at radius 1 is 0.442 bits per heavy atom. The predicted molar refractivity (Wildman–Crippen MR) is 177 cm³/mol. The molecule has 2 heteroatoms. The van der Waals surface area contributed by atoms with Gasteiger partial charge in [-0.3, -0.25) is 0 Å². The third kappa shape index (κ3) is 4.11. The lowest BCUT2D eigenvalue weighted by Gasteiger charge is -2.41. The van der Waals surface area contributed by atoms with Gasteiger partial charge >= 0.3 is 0 Å². The first-order valence-corrected chi connectivity index (χ1v) is 14.7. The highest BCUT2D eigenvalue weighted by atomic mass is 16.5. The summed E-state index contributed by atoms with van der Waals surface area (Å²) in [6.07, 6.45) is 0. The molecule has 1 aliphatic heterocycles. The van der Waals surface area contributed by atoms with Crippen LogP contribution in [0.4, 0.5) is 17.1 Å². The summed E-state index contributed by atoms with van der Waals surface area (Å²) < 4.78 is 7.34. The number of para-hydroxylation sites is 1. The van der Waals surface area contributed by atoms with Crippen LogP contribution in [0.1, 0.15) is 16.7 Å². The van der Waals surface area contributed by atoms with Crippen LogP contribution in [0.2, 0.25) is 0 Å². The summed E-state index contributed by atoms with van der Waals surface area (Å²) in [5.41, 5.74) is 8.05. The van der Waals surface area contributed by atoms with E-state index in [1.807, 2.05) is 0 Å². The number of hydrogen-bond acceptors (Lipinski definition) is 2. The average molecular weight is 552 g/mol. The van der Waals surface area contributed by atoms with Crippen LogP contribution in [0.25, 0.3) is 21.9 Å². The average Bonchev–Trinajstić information content (AvgIpc) is 3.09. The van der Waals surface area contributed by atoms with Gasteiger partial charge in [0, 0.05) is 45.1 Å². The van der Waals surface area contributed by atoms with Gasteiger partial charge in [0.25, 0.3) is 0 Å². The molecule has 0 fully saturated rings. The zero-order chi connectivity index (χ0) is 28.6. The molecule has 0 saturated carbocycles. The monoisotopic (exact) mass is 551 g/mol. The summed E-state index contributed by atoms with van der Waals surface area (Å²) in [4.78, 5) is 2.33. The number of hydrogen-bond donors (Lipinski definition) is 0. The molecule has 0 radical (unpaired) electrons. The molecule has 0 bridgehead atoms. The molecule has 7 aromatic carbocycles. The van der Waals surface area contributed by atoms with Crippen molar-refractivity contribution >= 4 is 27.8 Å². The minimum absolute atomic E-state index is 0.804. The third-order valence-electron chi connectivity index (χ3n) is 8.47. The van der Waals surface area contributed by atoms with Crippen LogP contribution in [-0.4, -0.2) is 0 Å². The SMILES string of the molecule is c1ccc(N(c2ccc3c(c2)OC(c2ccccc2)(c2ccccc2)c2ccccc2-3)c2cccc3ccccc23)cc1. The van der Waals surface area contributed by atoms with Crippen LogP contribution in [0.5, 0.6) is 5.75 Å². The lowest BCUT2D eigenvalue weighted by atomic mass is 9.75. The summed E-state index contributed by atoms with van der Waals surface area (Å²) >= 11 is 0. The predicted octanol–water partition coefficient (Wildman–Crippen LogP) is 10.7. The highest BCUT2D eigenvalue weighted by molar-refractivity contribution is 5.99. The van der Waals surface area contributed by atoms with E-state index in [9.17, 15) is 0 Å². The maximum Gasteiger partial charge on any atom is 0.185 e. The Balaban J connectivity index is 1.38. The summed E-state index contributed by atoms with van der Waals surface area (Å²) in [5, 5.41) is 2.40. The van der Waals surface area contributed by atoms with Crippen molar-refractivity contribution in [3.8, 4) is 16.9 Å². The zero-order valence-electron chi connectivity index (χ0n) is 23.6. The van der Waals surface area contributed by atoms with E-state index in [1.54, 1.807) is 0 Å². The van der Waals surface area contributed by atoms with E-state index in [0.717, 1.165) is 45.1 Å². The van der Waals surface area contributed by atoms with Gasteiger partial charge in [-0.15, -0.1) is 0 Å². The zero-order valence-corrected chi connectivity index (χ0v) is 23.6. The Labute approximate surface area is 252 Å². The molecule has 0 aliphatic carbocycles. The van der Waals surface area contributed by atoms with Crippen molar-refractivity contribution in [1.29, 1.82) is 0 Å². The smallest absolute Gasteiger partial charge is 0.185 e. The molecule has 0 spiro atoms. The first kappa shape index (κ1) is 25.1. The Morgan fingerprint density at radius 2 is 1.05 bits per heavy atom. The fraction of sp³-hybridized carbons (Fsp3) is 0.0244. The molecule has 43 heavy (non-hydrogen) atoms. The molecular weight excluding hydrogens is 522 g/mol. The second-order valence-corrected chi connectivity index (χ2v) is 10.9. The number of ether oxygens (including phenoxy) is 1. The number of benzene rings is 7. The van der Waals surface area contributed by atoms with Crippen molar-refractivity contribution in [2.45, 2.75) is 5.60 Å². The summed E-state index contributed by atoms with van der Waals surface area (Å²) in [6, 6.07) is 62.1. The van der Waals surface area contributed by atoms with Crippen molar-refractivity contribution in [2.24, 2.45) is 0 Å². The van der Waals surface area contributed by atoms with Gasteiger partial charge in [0.05, 0.1) is 5.69 Å². The number of anilines is 3. The van der Waals surface area contributed by atoms with Gasteiger partial charge in [-0.1, -0.05) is 140 Å². The second-order valence-electron chi connectivity index (χ2n) is 10.9. The molecule has 0 atom stereocenters. The highest BCUT2D eigenvalue weighted by Gasteiger charge is 2.44. The maximum absolute atomic E-state index is 7.34. The second kappa shape index (κ2) is 10.3. The largest absolute Gasteiger partial charge is 0.472 e. The fourth-order valence-corrected chi connectivity index (χ4v) is 6.55. The molecule has 0 unspecified atom stereocenters. The van der Waals surface area contributed by atoms with E-state index in [2.05, 4.69) is 181 Å². The molecule has 0 aromatic heterocycles. The van der Waals surface area contributed by atoms with Crippen molar-refractivity contribution in [2.75, 3.05) is 4.90 Å². The minimum atomic E-state index is -0.804. The van der Waals surface area contributed by atoms with Gasteiger partial charge in [0.15, 0.2) is 5.60 Å². The molecule has 2 nitrogen and oxygen atoms in total. The number of fused-ring (bicyclic) bond motifs is 4. The fourth-order valence-electron chi connectivity index (χ4n) is 6.55. The van der Waals surface area contributed by atoms with Crippen LogP contribution >= 0.6 is 0 Å². The lowest BCUT2D eigenvalue weighted by Crippen LogP contribution is -2.38. The molecule has 0 amide bonds. The van der Waals surface area contributed by atoms with Gasteiger partial charge < -0.3 is 9.64 Å². The van der Waals surface area contributed by atoms with Crippen molar-refractivity contribution in [1.82, 2.24) is 0 Å². The Morgan fingerprint density at radius 3 is 1.79 bits per heavy atom. The van der Waals surface area contributed by atoms with Crippen LogP contribution in [0, 0.1) is 0 Å². The number of rotatable bonds is 5. The Kier molecular flexibility index (Phi) is 6.05. The van der Waals surface area contributed by atoms with Crippen LogP contribution in [0.15, 0.2) is 176 Å². The topological polar surface area (TPSA) is 12.5 Å². The van der Waals surface area contributed by atoms with Gasteiger partial charge in [0.2, 0.25) is 0 Å². The molecule has 0 N–H and O–H groups in total. The van der Waals surface area contributed by atoms with Crippen molar-refractivity contribution in [3.05, 3.63) is 193 Å². The van der Waals surface area contributed by atoms with E-state index in [1.165, 1.54) is 16.3 Å². The summed E-state index contributed by atoms with van der Waals surface area (Å²) in [5.74, 6) is 0.852. The molecule has 0 saturated heterocycles. The molecule has 7 aromatic rings. The summed E-state index contributed by atoms with van der Waals surface area (Å²) in [6.45, 7) is 0. The van der Waals surface area contributed by atoms with Gasteiger partial charge in [-0.2, -0.15) is 0 Å². The van der Waals surface area contributed by atoms with Crippen molar-refractivity contribution < 1.29 is 4.74 Å². The standard InChI is InChI=1S/C41H29NO/c1-4-17-31(18-5-1)41(32-19-6-2-7-20-32)38-25-13-12-24-36(38)37-28-27-34(29-40(37)43-41)42(33-21-8-3-9-22-33)39-26-14-16-30-15-10-11-23-35(30)39/h1-29H. The van der Waals surface area contributed by atoms with Crippen LogP contribution < -0.4 is 9.64 Å². The van der Waals surface area contributed by atoms with Crippen molar-refractivity contribution in [3.63, 3.8) is 0 Å². The van der Waals surface area contributed by atoms with Gasteiger partial charge in [0.1, 0.15) is 5.75 Å². The first-order chi connectivity index (χ1) is 21.3. The Bertz CT molecular complexity index is 2010. The van der Waals surface area contributed by atoms with E-state index < -0.39 is 5.60 Å². The normalized spacial score (nSPS) is 13.0. The minimum Gasteiger partial charge on any atom is -0.472 e. The van der Waals surface area contributed by atoms with E-state index in [-0.39, 0.29) is 0 Å². The maximum atomic E-state index is 7.34. The van der Waals surface area contributed by atoms with Gasteiger partial charge in [-0.05, 0) is 41.3 Å². The lowest BCUT2D eigenvalue weighted by molar-refractivity contribution is 0.152. The van der Waals surface area contributed by atoms with Crippen LogP contribution in [-0.2, 0) is 5.60 Å². The van der Waals surface area contributed by atoms with Gasteiger partial charge in [-0.25, -0.2) is 0 Å². The van der Waals surface area contributed by atoms with E-state index >= 15 is 0 Å². The molecule has 204 valence electrons. The molecule has 1 aliphatic rings. The number of nitrogens with zero attached hydrogens (tertiary/aromatic N) is 1. The third-order valence-corrected chi connectivity index (χ3v) is 8.47. The van der Waals surface area contributed by atoms with Crippen LogP contribution in [0.3, 0.4) is 0 Å². The summed E-state index contributed by atoms with van der Waals surface area (Å²) in [7, 11) is 0. The van der Waals surface area contributed by atoms with E-state index in [0.29, 0.717) is 0 Å². The highest BCUT2D eigenvalue weighted by Crippen LogP contribution is 2.53. The molecule has 1 heterocycles. The quantitative estimate of drug-likeness (QED) is 0.211. The Hall–Kier alpha value is -5.60. The first-order valence-electron chi connectivity index (χ1n) is 14.7. The van der Waals surface area contributed by atoms with E-state index in [4.69, 9.17) is 4.74 Å². The molecular formula is C41H29NO.